The number of aromatic nitrogens is 1. The summed E-state index contributed by atoms with van der Waals surface area (Å²) >= 11 is 5.95. The third-order valence-corrected chi connectivity index (χ3v) is 3.53. The summed E-state index contributed by atoms with van der Waals surface area (Å²) < 4.78 is 19.1. The zero-order chi connectivity index (χ0) is 14.8. The second-order valence-corrected chi connectivity index (χ2v) is 5.13. The van der Waals surface area contributed by atoms with Crippen LogP contribution in [0.5, 0.6) is 5.88 Å². The first-order chi connectivity index (χ1) is 10.1. The van der Waals surface area contributed by atoms with E-state index in [0.717, 1.165) is 0 Å². The molecule has 0 unspecified atom stereocenters. The fourth-order valence-corrected chi connectivity index (χ4v) is 2.27. The first kappa shape index (κ1) is 13.8. The summed E-state index contributed by atoms with van der Waals surface area (Å²) in [6.45, 7) is 0.778. The lowest BCUT2D eigenvalue weighted by molar-refractivity contribution is 0.0157. The predicted octanol–water partition coefficient (Wildman–Crippen LogP) is 2.78. The highest BCUT2D eigenvalue weighted by Crippen LogP contribution is 2.24. The summed E-state index contributed by atoms with van der Waals surface area (Å²) in [5, 5.41) is 0.427. The maximum Gasteiger partial charge on any atom is 0.257 e. The second-order valence-electron chi connectivity index (χ2n) is 4.72. The van der Waals surface area contributed by atoms with Crippen molar-refractivity contribution < 1.29 is 13.9 Å². The monoisotopic (exact) mass is 306 g/mol. The first-order valence-corrected chi connectivity index (χ1v) is 6.84. The molecule has 21 heavy (non-hydrogen) atoms. The molecule has 0 bridgehead atoms. The number of rotatable bonds is 3. The molecule has 3 rings (SSSR count). The molecular weight excluding hydrogens is 295 g/mol. The Balaban J connectivity index is 1.60. The molecule has 0 atom stereocenters. The number of pyridine rings is 1. The number of benzene rings is 1. The van der Waals surface area contributed by atoms with Gasteiger partial charge in [0.1, 0.15) is 16.9 Å². The van der Waals surface area contributed by atoms with E-state index < -0.39 is 5.82 Å². The molecule has 0 spiro atoms. The number of hydrogen-bond acceptors (Lipinski definition) is 3. The van der Waals surface area contributed by atoms with Crippen molar-refractivity contribution in [3.8, 4) is 5.88 Å². The van der Waals surface area contributed by atoms with Crippen LogP contribution in [0, 0.1) is 5.82 Å². The molecule has 1 aliphatic heterocycles. The molecule has 4 nitrogen and oxygen atoms in total. The number of nitrogens with zero attached hydrogens (tertiary/aromatic N) is 2. The van der Waals surface area contributed by atoms with E-state index in [-0.39, 0.29) is 17.6 Å². The minimum absolute atomic E-state index is 0.0758. The third kappa shape index (κ3) is 2.83. The lowest BCUT2D eigenvalue weighted by Gasteiger charge is -2.38. The molecule has 0 radical (unpaired) electrons. The van der Waals surface area contributed by atoms with Crippen molar-refractivity contribution in [3.63, 3.8) is 0 Å². The highest BCUT2D eigenvalue weighted by Gasteiger charge is 2.34. The van der Waals surface area contributed by atoms with E-state index in [1.807, 2.05) is 0 Å². The Morgan fingerprint density at radius 3 is 2.76 bits per heavy atom. The van der Waals surface area contributed by atoms with E-state index >= 15 is 0 Å². The Hall–Kier alpha value is -2.14. The number of hydrogen-bond donors (Lipinski definition) is 0. The van der Waals surface area contributed by atoms with Crippen molar-refractivity contribution in [2.45, 2.75) is 6.10 Å². The van der Waals surface area contributed by atoms with Crippen LogP contribution in [-0.2, 0) is 0 Å². The number of ether oxygens (including phenoxy) is 1. The van der Waals surface area contributed by atoms with Gasteiger partial charge in [-0.25, -0.2) is 9.37 Å². The number of carbonyl (C=O) groups excluding carboxylic acids is 1. The van der Waals surface area contributed by atoms with E-state index in [4.69, 9.17) is 16.3 Å². The molecule has 6 heteroatoms. The summed E-state index contributed by atoms with van der Waals surface area (Å²) in [5.74, 6) is -0.498. The SMILES string of the molecule is O=C(c1ccccc1F)N1CC(Oc2ncccc2Cl)C1. The number of carbonyl (C=O) groups is 1. The molecule has 108 valence electrons. The summed E-state index contributed by atoms with van der Waals surface area (Å²) in [6, 6.07) is 9.33. The maximum absolute atomic E-state index is 13.6. The zero-order valence-electron chi connectivity index (χ0n) is 11.0. The zero-order valence-corrected chi connectivity index (χ0v) is 11.8. The van der Waals surface area contributed by atoms with Crippen molar-refractivity contribution in [3.05, 3.63) is 59.0 Å². The van der Waals surface area contributed by atoms with Crippen LogP contribution < -0.4 is 4.74 Å². The van der Waals surface area contributed by atoms with Crippen molar-refractivity contribution in [2.75, 3.05) is 13.1 Å². The Bertz CT molecular complexity index is 674. The van der Waals surface area contributed by atoms with E-state index in [9.17, 15) is 9.18 Å². The maximum atomic E-state index is 13.6. The first-order valence-electron chi connectivity index (χ1n) is 6.46. The number of amides is 1. The predicted molar refractivity (Wildman–Crippen MR) is 76.0 cm³/mol. The van der Waals surface area contributed by atoms with Crippen LogP contribution in [0.2, 0.25) is 5.02 Å². The molecule has 2 aromatic rings. The van der Waals surface area contributed by atoms with Gasteiger partial charge in [-0.05, 0) is 24.3 Å². The van der Waals surface area contributed by atoms with Gasteiger partial charge in [-0.3, -0.25) is 4.79 Å². The standard InChI is InChI=1S/C15H12ClFN2O2/c16-12-5-3-7-18-14(12)21-10-8-19(9-10)15(20)11-4-1-2-6-13(11)17/h1-7,10H,8-9H2. The van der Waals surface area contributed by atoms with Crippen molar-refractivity contribution in [1.29, 1.82) is 0 Å². The molecule has 0 aliphatic carbocycles. The topological polar surface area (TPSA) is 42.4 Å². The Labute approximate surface area is 126 Å². The fraction of sp³-hybridized carbons (Fsp3) is 0.200. The minimum Gasteiger partial charge on any atom is -0.470 e. The highest BCUT2D eigenvalue weighted by atomic mass is 35.5. The van der Waals surface area contributed by atoms with Crippen molar-refractivity contribution in [2.24, 2.45) is 0 Å². The Kier molecular flexibility index (Phi) is 3.75. The van der Waals surface area contributed by atoms with Gasteiger partial charge in [-0.2, -0.15) is 0 Å². The molecule has 1 aliphatic rings. The molecule has 0 N–H and O–H groups in total. The Morgan fingerprint density at radius 2 is 2.05 bits per heavy atom. The molecule has 1 aromatic heterocycles. The minimum atomic E-state index is -0.514. The molecule has 1 saturated heterocycles. The van der Waals surface area contributed by atoms with E-state index in [0.29, 0.717) is 24.0 Å². The van der Waals surface area contributed by atoms with Gasteiger partial charge in [0.25, 0.3) is 5.91 Å². The number of halogens is 2. The van der Waals surface area contributed by atoms with Crippen LogP contribution in [0.4, 0.5) is 4.39 Å². The second kappa shape index (κ2) is 5.69. The van der Waals surface area contributed by atoms with Crippen LogP contribution in [0.3, 0.4) is 0 Å². The van der Waals surface area contributed by atoms with Crippen molar-refractivity contribution in [1.82, 2.24) is 9.88 Å². The average Bonchev–Trinajstić information content (AvgIpc) is 2.44. The fourth-order valence-electron chi connectivity index (χ4n) is 2.10. The lowest BCUT2D eigenvalue weighted by Crippen LogP contribution is -2.56. The summed E-state index contributed by atoms with van der Waals surface area (Å²) in [6.07, 6.45) is 1.41. The van der Waals surface area contributed by atoms with Gasteiger partial charge >= 0.3 is 0 Å². The van der Waals surface area contributed by atoms with Gasteiger partial charge in [0.05, 0.1) is 18.7 Å². The van der Waals surface area contributed by atoms with E-state index in [2.05, 4.69) is 4.98 Å². The number of likely N-dealkylation sites (tertiary alicyclic amines) is 1. The van der Waals surface area contributed by atoms with E-state index in [1.165, 1.54) is 17.0 Å². The lowest BCUT2D eigenvalue weighted by atomic mass is 10.1. The van der Waals surface area contributed by atoms with Crippen LogP contribution >= 0.6 is 11.6 Å². The molecule has 2 heterocycles. The summed E-state index contributed by atoms with van der Waals surface area (Å²) in [4.78, 5) is 17.7. The molecule has 1 fully saturated rings. The van der Waals surface area contributed by atoms with Crippen LogP contribution in [0.15, 0.2) is 42.6 Å². The van der Waals surface area contributed by atoms with Crippen LogP contribution in [0.25, 0.3) is 0 Å². The van der Waals surface area contributed by atoms with Crippen molar-refractivity contribution >= 4 is 17.5 Å². The highest BCUT2D eigenvalue weighted by molar-refractivity contribution is 6.31. The van der Waals surface area contributed by atoms with E-state index in [1.54, 1.807) is 30.5 Å². The smallest absolute Gasteiger partial charge is 0.257 e. The summed E-state index contributed by atoms with van der Waals surface area (Å²) in [7, 11) is 0. The van der Waals surface area contributed by atoms with Gasteiger partial charge < -0.3 is 9.64 Å². The normalized spacial score (nSPS) is 14.7. The average molecular weight is 307 g/mol. The third-order valence-electron chi connectivity index (χ3n) is 3.24. The Morgan fingerprint density at radius 1 is 1.29 bits per heavy atom. The van der Waals surface area contributed by atoms with Crippen LogP contribution in [0.1, 0.15) is 10.4 Å². The molecular formula is C15H12ClFN2O2. The molecule has 1 aromatic carbocycles. The van der Waals surface area contributed by atoms with Gasteiger partial charge in [-0.15, -0.1) is 0 Å². The molecule has 1 amide bonds. The van der Waals surface area contributed by atoms with Gasteiger partial charge in [0, 0.05) is 6.20 Å². The summed E-state index contributed by atoms with van der Waals surface area (Å²) in [5.41, 5.74) is 0.0758. The van der Waals surface area contributed by atoms with Gasteiger partial charge in [0.2, 0.25) is 5.88 Å². The van der Waals surface area contributed by atoms with Crippen LogP contribution in [-0.4, -0.2) is 35.0 Å². The van der Waals surface area contributed by atoms with Gasteiger partial charge in [-0.1, -0.05) is 23.7 Å². The quantitative estimate of drug-likeness (QED) is 0.875. The largest absolute Gasteiger partial charge is 0.470 e. The molecule has 0 saturated carbocycles. The van der Waals surface area contributed by atoms with Gasteiger partial charge in [0.15, 0.2) is 0 Å².